The fraction of sp³-hybridized carbons (Fsp3) is 0.333. The molecule has 4 nitrogen and oxygen atoms in total. The third-order valence-electron chi connectivity index (χ3n) is 2.96. The average molecular weight is 256 g/mol. The summed E-state index contributed by atoms with van der Waals surface area (Å²) in [6.07, 6.45) is 2.63. The standard InChI is InChI=1S/C15H20N4/c1-4-12(3)18-14-9-15(17-10-16-14)19-13-7-5-6-11(2)8-13/h5-10,12H,4H2,1-3H3,(H2,16,17,18,19). The molecule has 1 unspecified atom stereocenters. The number of benzene rings is 1. The van der Waals surface area contributed by atoms with Crippen LogP contribution in [0.25, 0.3) is 0 Å². The van der Waals surface area contributed by atoms with Crippen molar-refractivity contribution in [2.45, 2.75) is 33.2 Å². The normalized spacial score (nSPS) is 11.9. The molecule has 1 atom stereocenters. The Morgan fingerprint density at radius 3 is 2.68 bits per heavy atom. The Kier molecular flexibility index (Phi) is 4.34. The highest BCUT2D eigenvalue weighted by atomic mass is 15.1. The van der Waals surface area contributed by atoms with Crippen LogP contribution in [0.1, 0.15) is 25.8 Å². The van der Waals surface area contributed by atoms with Crippen LogP contribution in [-0.2, 0) is 0 Å². The molecule has 2 aromatic rings. The van der Waals surface area contributed by atoms with Gasteiger partial charge in [-0.05, 0) is 38.0 Å². The van der Waals surface area contributed by atoms with Crippen LogP contribution in [0.15, 0.2) is 36.7 Å². The fourth-order valence-corrected chi connectivity index (χ4v) is 1.73. The Labute approximate surface area is 114 Å². The van der Waals surface area contributed by atoms with Crippen LogP contribution in [0.3, 0.4) is 0 Å². The molecule has 19 heavy (non-hydrogen) atoms. The Hall–Kier alpha value is -2.10. The summed E-state index contributed by atoms with van der Waals surface area (Å²) in [4.78, 5) is 8.46. The van der Waals surface area contributed by atoms with E-state index in [9.17, 15) is 0 Å². The van der Waals surface area contributed by atoms with E-state index in [1.54, 1.807) is 6.33 Å². The van der Waals surface area contributed by atoms with Crippen LogP contribution in [-0.4, -0.2) is 16.0 Å². The summed E-state index contributed by atoms with van der Waals surface area (Å²) in [5.41, 5.74) is 2.25. The summed E-state index contributed by atoms with van der Waals surface area (Å²) in [5, 5.41) is 6.62. The van der Waals surface area contributed by atoms with Gasteiger partial charge in [0.2, 0.25) is 0 Å². The maximum atomic E-state index is 4.24. The fourth-order valence-electron chi connectivity index (χ4n) is 1.73. The van der Waals surface area contributed by atoms with Crippen LogP contribution in [0.4, 0.5) is 17.3 Å². The first-order chi connectivity index (χ1) is 9.17. The summed E-state index contributed by atoms with van der Waals surface area (Å²) < 4.78 is 0. The molecule has 0 bridgehead atoms. The van der Waals surface area contributed by atoms with E-state index in [1.165, 1.54) is 5.56 Å². The molecule has 2 N–H and O–H groups in total. The smallest absolute Gasteiger partial charge is 0.135 e. The molecule has 0 spiro atoms. The summed E-state index contributed by atoms with van der Waals surface area (Å²) in [6.45, 7) is 6.35. The number of aromatic nitrogens is 2. The topological polar surface area (TPSA) is 49.8 Å². The van der Waals surface area contributed by atoms with Gasteiger partial charge in [0.05, 0.1) is 0 Å². The van der Waals surface area contributed by atoms with E-state index in [4.69, 9.17) is 0 Å². The lowest BCUT2D eigenvalue weighted by Gasteiger charge is -2.13. The van der Waals surface area contributed by atoms with Crippen molar-refractivity contribution < 1.29 is 0 Å². The number of nitrogens with one attached hydrogen (secondary N) is 2. The number of aryl methyl sites for hydroxylation is 1. The quantitative estimate of drug-likeness (QED) is 0.855. The van der Waals surface area contributed by atoms with E-state index in [1.807, 2.05) is 18.2 Å². The Balaban J connectivity index is 2.10. The second-order valence-corrected chi connectivity index (χ2v) is 4.74. The van der Waals surface area contributed by atoms with E-state index in [0.29, 0.717) is 6.04 Å². The van der Waals surface area contributed by atoms with Crippen molar-refractivity contribution >= 4 is 17.3 Å². The minimum absolute atomic E-state index is 0.404. The molecule has 1 aromatic carbocycles. The lowest BCUT2D eigenvalue weighted by atomic mass is 10.2. The number of anilines is 3. The number of nitrogens with zero attached hydrogens (tertiary/aromatic N) is 2. The Morgan fingerprint density at radius 1 is 1.16 bits per heavy atom. The van der Waals surface area contributed by atoms with Gasteiger partial charge in [0.15, 0.2) is 0 Å². The van der Waals surface area contributed by atoms with Crippen LogP contribution >= 0.6 is 0 Å². The van der Waals surface area contributed by atoms with Crippen molar-refractivity contribution in [1.82, 2.24) is 9.97 Å². The van der Waals surface area contributed by atoms with Gasteiger partial charge in [-0.15, -0.1) is 0 Å². The summed E-state index contributed by atoms with van der Waals surface area (Å²) in [6, 6.07) is 10.5. The first-order valence-corrected chi connectivity index (χ1v) is 6.59. The molecule has 0 saturated heterocycles. The number of hydrogen-bond acceptors (Lipinski definition) is 4. The molecular weight excluding hydrogens is 236 g/mol. The second kappa shape index (κ2) is 6.18. The second-order valence-electron chi connectivity index (χ2n) is 4.74. The lowest BCUT2D eigenvalue weighted by molar-refractivity contribution is 0.758. The van der Waals surface area contributed by atoms with Gasteiger partial charge in [-0.2, -0.15) is 0 Å². The largest absolute Gasteiger partial charge is 0.367 e. The molecule has 0 aliphatic carbocycles. The molecule has 4 heteroatoms. The number of hydrogen-bond donors (Lipinski definition) is 2. The van der Waals surface area contributed by atoms with Crippen molar-refractivity contribution in [3.8, 4) is 0 Å². The molecule has 0 fully saturated rings. The van der Waals surface area contributed by atoms with Gasteiger partial charge in [-0.3, -0.25) is 0 Å². The van der Waals surface area contributed by atoms with Gasteiger partial charge in [0.1, 0.15) is 18.0 Å². The lowest BCUT2D eigenvalue weighted by Crippen LogP contribution is -2.14. The monoisotopic (exact) mass is 256 g/mol. The third-order valence-corrected chi connectivity index (χ3v) is 2.96. The van der Waals surface area contributed by atoms with Crippen molar-refractivity contribution in [2.24, 2.45) is 0 Å². The van der Waals surface area contributed by atoms with Crippen LogP contribution < -0.4 is 10.6 Å². The van der Waals surface area contributed by atoms with E-state index in [2.05, 4.69) is 53.5 Å². The zero-order valence-corrected chi connectivity index (χ0v) is 11.6. The zero-order chi connectivity index (χ0) is 13.7. The summed E-state index contributed by atoms with van der Waals surface area (Å²) in [5.74, 6) is 1.64. The molecule has 1 aromatic heterocycles. The van der Waals surface area contributed by atoms with Crippen molar-refractivity contribution in [2.75, 3.05) is 10.6 Å². The van der Waals surface area contributed by atoms with Gasteiger partial charge in [-0.25, -0.2) is 9.97 Å². The van der Waals surface area contributed by atoms with Gasteiger partial charge >= 0.3 is 0 Å². The van der Waals surface area contributed by atoms with Gasteiger partial charge in [-0.1, -0.05) is 19.1 Å². The zero-order valence-electron chi connectivity index (χ0n) is 11.6. The summed E-state index contributed by atoms with van der Waals surface area (Å²) >= 11 is 0. The SMILES string of the molecule is CCC(C)Nc1cc(Nc2cccc(C)c2)ncn1. The molecule has 2 rings (SSSR count). The van der Waals surface area contributed by atoms with E-state index >= 15 is 0 Å². The third kappa shape index (κ3) is 3.95. The predicted molar refractivity (Wildman–Crippen MR) is 79.9 cm³/mol. The van der Waals surface area contributed by atoms with Crippen LogP contribution in [0.5, 0.6) is 0 Å². The highest BCUT2D eigenvalue weighted by Crippen LogP contribution is 2.17. The Morgan fingerprint density at radius 2 is 1.95 bits per heavy atom. The molecule has 0 radical (unpaired) electrons. The molecular formula is C15H20N4. The van der Waals surface area contributed by atoms with Gasteiger partial charge in [0.25, 0.3) is 0 Å². The molecule has 0 amide bonds. The molecule has 0 aliphatic rings. The first-order valence-electron chi connectivity index (χ1n) is 6.59. The summed E-state index contributed by atoms with van der Waals surface area (Å²) in [7, 11) is 0. The van der Waals surface area contributed by atoms with Crippen molar-refractivity contribution in [3.63, 3.8) is 0 Å². The van der Waals surface area contributed by atoms with Crippen molar-refractivity contribution in [1.29, 1.82) is 0 Å². The number of rotatable bonds is 5. The van der Waals surface area contributed by atoms with Gasteiger partial charge < -0.3 is 10.6 Å². The average Bonchev–Trinajstić information content (AvgIpc) is 2.39. The highest BCUT2D eigenvalue weighted by molar-refractivity contribution is 5.59. The highest BCUT2D eigenvalue weighted by Gasteiger charge is 2.02. The molecule has 100 valence electrons. The minimum atomic E-state index is 0.404. The van der Waals surface area contributed by atoms with E-state index in [-0.39, 0.29) is 0 Å². The maximum Gasteiger partial charge on any atom is 0.135 e. The van der Waals surface area contributed by atoms with Crippen molar-refractivity contribution in [3.05, 3.63) is 42.2 Å². The first kappa shape index (κ1) is 13.3. The molecule has 0 saturated carbocycles. The maximum absolute atomic E-state index is 4.24. The Bertz CT molecular complexity index is 539. The molecule has 0 aliphatic heterocycles. The van der Waals surface area contributed by atoms with Crippen LogP contribution in [0, 0.1) is 6.92 Å². The van der Waals surface area contributed by atoms with E-state index < -0.39 is 0 Å². The van der Waals surface area contributed by atoms with Gasteiger partial charge in [0, 0.05) is 17.8 Å². The predicted octanol–water partition coefficient (Wildman–Crippen LogP) is 3.74. The van der Waals surface area contributed by atoms with E-state index in [0.717, 1.165) is 23.7 Å². The molecule has 1 heterocycles. The van der Waals surface area contributed by atoms with Crippen LogP contribution in [0.2, 0.25) is 0 Å². The minimum Gasteiger partial charge on any atom is -0.367 e.